The van der Waals surface area contributed by atoms with Crippen LogP contribution >= 0.6 is 0 Å². The van der Waals surface area contributed by atoms with Gasteiger partial charge in [0.15, 0.2) is 0 Å². The SMILES string of the molecule is CCC(C(=O)N(Cc1ccccc1)C(C)c1nc2ccccc2c(=O)n1C)c1ccccc1. The van der Waals surface area contributed by atoms with Gasteiger partial charge in [-0.3, -0.25) is 14.2 Å². The van der Waals surface area contributed by atoms with Crippen molar-refractivity contribution in [3.63, 3.8) is 0 Å². The van der Waals surface area contributed by atoms with Crippen molar-refractivity contribution in [2.75, 3.05) is 0 Å². The molecular weight excluding hydrogens is 410 g/mol. The number of hydrogen-bond donors (Lipinski definition) is 0. The number of aromatic nitrogens is 2. The quantitative estimate of drug-likeness (QED) is 0.397. The molecule has 3 aromatic carbocycles. The van der Waals surface area contributed by atoms with Gasteiger partial charge in [0.2, 0.25) is 5.91 Å². The van der Waals surface area contributed by atoms with Gasteiger partial charge in [-0.1, -0.05) is 79.7 Å². The van der Waals surface area contributed by atoms with E-state index in [0.717, 1.165) is 11.1 Å². The first-order valence-corrected chi connectivity index (χ1v) is 11.4. The van der Waals surface area contributed by atoms with Crippen molar-refractivity contribution in [2.24, 2.45) is 7.05 Å². The van der Waals surface area contributed by atoms with E-state index >= 15 is 0 Å². The Kier molecular flexibility index (Phi) is 6.68. The van der Waals surface area contributed by atoms with Gasteiger partial charge in [-0.05, 0) is 36.6 Å². The average molecular weight is 440 g/mol. The molecule has 0 N–H and O–H groups in total. The Morgan fingerprint density at radius 3 is 2.21 bits per heavy atom. The summed E-state index contributed by atoms with van der Waals surface area (Å²) in [5.41, 5.74) is 2.57. The molecule has 1 amide bonds. The second-order valence-corrected chi connectivity index (χ2v) is 8.35. The molecule has 1 heterocycles. The Morgan fingerprint density at radius 2 is 1.55 bits per heavy atom. The van der Waals surface area contributed by atoms with E-state index in [9.17, 15) is 9.59 Å². The lowest BCUT2D eigenvalue weighted by Crippen LogP contribution is -2.39. The third kappa shape index (κ3) is 4.58. The Hall–Kier alpha value is -3.73. The zero-order chi connectivity index (χ0) is 23.4. The van der Waals surface area contributed by atoms with Gasteiger partial charge in [-0.25, -0.2) is 4.98 Å². The minimum absolute atomic E-state index is 0.0301. The van der Waals surface area contributed by atoms with Crippen molar-refractivity contribution in [1.82, 2.24) is 14.5 Å². The third-order valence-corrected chi connectivity index (χ3v) is 6.25. The van der Waals surface area contributed by atoms with Crippen molar-refractivity contribution in [2.45, 2.75) is 38.8 Å². The highest BCUT2D eigenvalue weighted by Crippen LogP contribution is 2.29. The maximum Gasteiger partial charge on any atom is 0.261 e. The zero-order valence-corrected chi connectivity index (χ0v) is 19.3. The van der Waals surface area contributed by atoms with Crippen LogP contribution in [0.2, 0.25) is 0 Å². The normalized spacial score (nSPS) is 12.9. The van der Waals surface area contributed by atoms with Gasteiger partial charge in [-0.2, -0.15) is 0 Å². The Morgan fingerprint density at radius 1 is 0.939 bits per heavy atom. The second-order valence-electron chi connectivity index (χ2n) is 8.35. The number of carbonyl (C=O) groups excluding carboxylic acids is 1. The molecule has 5 nitrogen and oxygen atoms in total. The van der Waals surface area contributed by atoms with Crippen LogP contribution in [0, 0.1) is 0 Å². The molecule has 0 spiro atoms. The van der Waals surface area contributed by atoms with E-state index in [1.807, 2.05) is 97.6 Å². The van der Waals surface area contributed by atoms with E-state index in [2.05, 4.69) is 0 Å². The van der Waals surface area contributed by atoms with Crippen LogP contribution in [0.15, 0.2) is 89.7 Å². The monoisotopic (exact) mass is 439 g/mol. The van der Waals surface area contributed by atoms with Crippen LogP contribution in [-0.4, -0.2) is 20.4 Å². The third-order valence-electron chi connectivity index (χ3n) is 6.25. The Labute approximate surface area is 194 Å². The molecule has 0 saturated carbocycles. The molecule has 0 bridgehead atoms. The summed E-state index contributed by atoms with van der Waals surface area (Å²) >= 11 is 0. The summed E-state index contributed by atoms with van der Waals surface area (Å²) in [6.07, 6.45) is 0.685. The lowest BCUT2D eigenvalue weighted by molar-refractivity contribution is -0.136. The molecule has 4 aromatic rings. The average Bonchev–Trinajstić information content (AvgIpc) is 2.86. The minimum atomic E-state index is -0.391. The van der Waals surface area contributed by atoms with Crippen LogP contribution in [0.25, 0.3) is 10.9 Å². The standard InChI is InChI=1S/C28H29N3O2/c1-4-23(22-15-9-6-10-16-22)28(33)31(19-21-13-7-5-8-14-21)20(2)26-29-25-18-12-11-17-24(25)27(32)30(26)3/h5-18,20,23H,4,19H2,1-3H3. The molecule has 0 aliphatic rings. The molecule has 0 radical (unpaired) electrons. The summed E-state index contributed by atoms with van der Waals surface area (Å²) in [4.78, 5) is 33.7. The van der Waals surface area contributed by atoms with Crippen molar-refractivity contribution < 1.29 is 4.79 Å². The highest BCUT2D eigenvalue weighted by Gasteiger charge is 2.30. The lowest BCUT2D eigenvalue weighted by atomic mass is 9.94. The van der Waals surface area contributed by atoms with Crippen LogP contribution in [0.3, 0.4) is 0 Å². The number of para-hydroxylation sites is 1. The molecule has 0 aliphatic carbocycles. The van der Waals surface area contributed by atoms with Gasteiger partial charge in [0, 0.05) is 13.6 Å². The molecule has 168 valence electrons. The van der Waals surface area contributed by atoms with Gasteiger partial charge >= 0.3 is 0 Å². The summed E-state index contributed by atoms with van der Waals surface area (Å²) in [5, 5.41) is 0.576. The number of hydrogen-bond acceptors (Lipinski definition) is 3. The molecule has 4 rings (SSSR count). The van der Waals surface area contributed by atoms with Crippen molar-refractivity contribution in [1.29, 1.82) is 0 Å². The number of amides is 1. The lowest BCUT2D eigenvalue weighted by Gasteiger charge is -2.33. The number of carbonyl (C=O) groups is 1. The number of fused-ring (bicyclic) bond motifs is 1. The van der Waals surface area contributed by atoms with Crippen LogP contribution in [-0.2, 0) is 18.4 Å². The minimum Gasteiger partial charge on any atom is -0.328 e. The number of benzene rings is 3. The van der Waals surface area contributed by atoms with E-state index in [4.69, 9.17) is 4.98 Å². The van der Waals surface area contributed by atoms with Crippen LogP contribution in [0.5, 0.6) is 0 Å². The first-order chi connectivity index (χ1) is 16.0. The molecule has 1 aromatic heterocycles. The molecule has 2 atom stereocenters. The molecule has 2 unspecified atom stereocenters. The summed E-state index contributed by atoms with van der Waals surface area (Å²) in [6.45, 7) is 4.42. The van der Waals surface area contributed by atoms with Crippen molar-refractivity contribution in [3.05, 3.63) is 112 Å². The summed E-state index contributed by atoms with van der Waals surface area (Å²) in [6, 6.07) is 26.8. The number of rotatable bonds is 7. The second kappa shape index (κ2) is 9.82. The Balaban J connectivity index is 1.79. The summed E-state index contributed by atoms with van der Waals surface area (Å²) in [5.74, 6) is 0.336. The summed E-state index contributed by atoms with van der Waals surface area (Å²) < 4.78 is 1.57. The van der Waals surface area contributed by atoms with Gasteiger partial charge in [0.1, 0.15) is 5.82 Å². The highest BCUT2D eigenvalue weighted by atomic mass is 16.2. The summed E-state index contributed by atoms with van der Waals surface area (Å²) in [7, 11) is 1.73. The molecule has 33 heavy (non-hydrogen) atoms. The predicted octanol–water partition coefficient (Wildman–Crippen LogP) is 5.22. The maximum absolute atomic E-state index is 14.0. The maximum atomic E-state index is 14.0. The Bertz CT molecular complexity index is 1300. The number of nitrogens with zero attached hydrogens (tertiary/aromatic N) is 3. The topological polar surface area (TPSA) is 55.2 Å². The first-order valence-electron chi connectivity index (χ1n) is 11.4. The molecular formula is C28H29N3O2. The fraction of sp³-hybridized carbons (Fsp3) is 0.250. The van der Waals surface area contributed by atoms with E-state index in [0.29, 0.717) is 29.7 Å². The molecule has 0 aliphatic heterocycles. The van der Waals surface area contributed by atoms with Crippen molar-refractivity contribution >= 4 is 16.8 Å². The van der Waals surface area contributed by atoms with E-state index in [-0.39, 0.29) is 17.4 Å². The van der Waals surface area contributed by atoms with E-state index in [1.165, 1.54) is 0 Å². The van der Waals surface area contributed by atoms with E-state index in [1.54, 1.807) is 17.7 Å². The fourth-order valence-corrected chi connectivity index (χ4v) is 4.37. The molecule has 0 fully saturated rings. The zero-order valence-electron chi connectivity index (χ0n) is 19.3. The first kappa shape index (κ1) is 22.5. The van der Waals surface area contributed by atoms with Crippen molar-refractivity contribution in [3.8, 4) is 0 Å². The van der Waals surface area contributed by atoms with Crippen LogP contribution in [0.4, 0.5) is 0 Å². The van der Waals surface area contributed by atoms with Crippen LogP contribution < -0.4 is 5.56 Å². The predicted molar refractivity (Wildman–Crippen MR) is 132 cm³/mol. The fourth-order valence-electron chi connectivity index (χ4n) is 4.37. The molecule has 5 heteroatoms. The van der Waals surface area contributed by atoms with Gasteiger partial charge < -0.3 is 4.90 Å². The van der Waals surface area contributed by atoms with Gasteiger partial charge in [0.25, 0.3) is 5.56 Å². The largest absolute Gasteiger partial charge is 0.328 e. The smallest absolute Gasteiger partial charge is 0.261 e. The molecule has 0 saturated heterocycles. The van der Waals surface area contributed by atoms with Gasteiger partial charge in [0.05, 0.1) is 22.9 Å². The van der Waals surface area contributed by atoms with E-state index < -0.39 is 6.04 Å². The highest BCUT2D eigenvalue weighted by molar-refractivity contribution is 5.84. The van der Waals surface area contributed by atoms with Crippen LogP contribution in [0.1, 0.15) is 49.2 Å². The van der Waals surface area contributed by atoms with Gasteiger partial charge in [-0.15, -0.1) is 0 Å².